The Hall–Kier alpha value is -0.970. The minimum atomic E-state index is -0.295. The van der Waals surface area contributed by atoms with Crippen molar-refractivity contribution in [3.63, 3.8) is 0 Å². The molecular formula is C11H15NO3S. The summed E-state index contributed by atoms with van der Waals surface area (Å²) in [5.74, 6) is 0.0837. The fourth-order valence-electron chi connectivity index (χ4n) is 1.91. The number of esters is 1. The van der Waals surface area contributed by atoms with Crippen LogP contribution in [0.1, 0.15) is 25.7 Å². The van der Waals surface area contributed by atoms with Gasteiger partial charge in [0, 0.05) is 6.20 Å². The van der Waals surface area contributed by atoms with E-state index in [-0.39, 0.29) is 24.5 Å². The predicted molar refractivity (Wildman–Crippen MR) is 61.7 cm³/mol. The highest BCUT2D eigenvalue weighted by atomic mass is 32.2. The molecule has 1 amide bonds. The van der Waals surface area contributed by atoms with Crippen LogP contribution in [0.5, 0.6) is 0 Å². The summed E-state index contributed by atoms with van der Waals surface area (Å²) in [4.78, 5) is 24.4. The molecule has 2 rings (SSSR count). The van der Waals surface area contributed by atoms with Crippen LogP contribution >= 0.6 is 11.8 Å². The summed E-state index contributed by atoms with van der Waals surface area (Å²) < 4.78 is 5.29. The monoisotopic (exact) mass is 241 g/mol. The van der Waals surface area contributed by atoms with Crippen LogP contribution < -0.4 is 0 Å². The number of ether oxygens (including phenoxy) is 1. The molecule has 16 heavy (non-hydrogen) atoms. The first-order valence-corrected chi connectivity index (χ1v) is 6.58. The highest BCUT2D eigenvalue weighted by molar-refractivity contribution is 8.02. The fourth-order valence-corrected chi connectivity index (χ4v) is 2.55. The highest BCUT2D eigenvalue weighted by Crippen LogP contribution is 2.21. The van der Waals surface area contributed by atoms with E-state index in [1.807, 2.05) is 5.41 Å². The van der Waals surface area contributed by atoms with Crippen LogP contribution in [0.4, 0.5) is 0 Å². The van der Waals surface area contributed by atoms with E-state index in [4.69, 9.17) is 4.74 Å². The summed E-state index contributed by atoms with van der Waals surface area (Å²) in [6.07, 6.45) is 5.92. The third-order valence-corrected chi connectivity index (χ3v) is 3.49. The minimum Gasteiger partial charge on any atom is -0.461 e. The topological polar surface area (TPSA) is 46.6 Å². The molecule has 0 spiro atoms. The number of amides is 1. The van der Waals surface area contributed by atoms with E-state index in [0.29, 0.717) is 5.75 Å². The first-order valence-electron chi connectivity index (χ1n) is 5.53. The molecule has 1 heterocycles. The summed E-state index contributed by atoms with van der Waals surface area (Å²) in [6.45, 7) is 0.0480. The van der Waals surface area contributed by atoms with E-state index in [1.165, 1.54) is 16.7 Å². The second-order valence-corrected chi connectivity index (χ2v) is 4.91. The molecule has 0 bridgehead atoms. The number of nitrogens with zero attached hydrogens (tertiary/aromatic N) is 1. The second-order valence-electron chi connectivity index (χ2n) is 4.01. The molecule has 0 aromatic carbocycles. The molecule has 0 unspecified atom stereocenters. The van der Waals surface area contributed by atoms with Gasteiger partial charge in [0.2, 0.25) is 5.91 Å². The lowest BCUT2D eigenvalue weighted by Gasteiger charge is -2.21. The van der Waals surface area contributed by atoms with Crippen molar-refractivity contribution in [2.24, 2.45) is 0 Å². The van der Waals surface area contributed by atoms with Crippen LogP contribution in [-0.2, 0) is 14.3 Å². The summed E-state index contributed by atoms with van der Waals surface area (Å²) in [7, 11) is 0. The smallest absolute Gasteiger partial charge is 0.326 e. The number of carbonyl (C=O) groups is 2. The molecule has 0 atom stereocenters. The Morgan fingerprint density at radius 3 is 2.94 bits per heavy atom. The van der Waals surface area contributed by atoms with Gasteiger partial charge >= 0.3 is 5.97 Å². The zero-order valence-corrected chi connectivity index (χ0v) is 9.87. The average molecular weight is 241 g/mol. The van der Waals surface area contributed by atoms with Gasteiger partial charge < -0.3 is 9.64 Å². The van der Waals surface area contributed by atoms with Crippen LogP contribution in [0.25, 0.3) is 0 Å². The third kappa shape index (κ3) is 3.01. The van der Waals surface area contributed by atoms with E-state index < -0.39 is 0 Å². The Kier molecular flexibility index (Phi) is 3.88. The van der Waals surface area contributed by atoms with Crippen LogP contribution in [0.2, 0.25) is 0 Å². The van der Waals surface area contributed by atoms with E-state index in [0.717, 1.165) is 25.7 Å². The molecule has 0 N–H and O–H groups in total. The Morgan fingerprint density at radius 2 is 2.25 bits per heavy atom. The molecule has 5 heteroatoms. The van der Waals surface area contributed by atoms with Crippen molar-refractivity contribution < 1.29 is 14.3 Å². The lowest BCUT2D eigenvalue weighted by molar-refractivity contribution is -0.151. The molecule has 0 saturated heterocycles. The molecule has 1 aliphatic heterocycles. The average Bonchev–Trinajstić information content (AvgIpc) is 2.74. The molecule has 1 aliphatic carbocycles. The second kappa shape index (κ2) is 5.39. The van der Waals surface area contributed by atoms with Gasteiger partial charge in [-0.2, -0.15) is 0 Å². The number of rotatable bonds is 3. The quantitative estimate of drug-likeness (QED) is 0.703. The lowest BCUT2D eigenvalue weighted by Crippen LogP contribution is -2.35. The number of hydrogen-bond donors (Lipinski definition) is 0. The van der Waals surface area contributed by atoms with Crippen LogP contribution in [0.15, 0.2) is 11.6 Å². The van der Waals surface area contributed by atoms with Gasteiger partial charge in [-0.05, 0) is 31.1 Å². The summed E-state index contributed by atoms with van der Waals surface area (Å²) in [5, 5.41) is 1.82. The normalized spacial score (nSPS) is 21.5. The summed E-state index contributed by atoms with van der Waals surface area (Å²) in [5.41, 5.74) is 0. The minimum absolute atomic E-state index is 0.0316. The highest BCUT2D eigenvalue weighted by Gasteiger charge is 2.22. The summed E-state index contributed by atoms with van der Waals surface area (Å²) >= 11 is 1.44. The number of hydrogen-bond acceptors (Lipinski definition) is 4. The largest absolute Gasteiger partial charge is 0.461 e. The van der Waals surface area contributed by atoms with Crippen molar-refractivity contribution in [1.29, 1.82) is 0 Å². The number of carbonyl (C=O) groups excluding carboxylic acids is 2. The van der Waals surface area contributed by atoms with Gasteiger partial charge in [-0.3, -0.25) is 9.59 Å². The fraction of sp³-hybridized carbons (Fsp3) is 0.636. The number of thioether (sulfide) groups is 1. The molecule has 0 aromatic rings. The Morgan fingerprint density at radius 1 is 1.50 bits per heavy atom. The maximum Gasteiger partial charge on any atom is 0.326 e. The van der Waals surface area contributed by atoms with Gasteiger partial charge in [-0.25, -0.2) is 0 Å². The van der Waals surface area contributed by atoms with Crippen LogP contribution in [0.3, 0.4) is 0 Å². The van der Waals surface area contributed by atoms with Gasteiger partial charge in [0.05, 0.1) is 5.75 Å². The zero-order chi connectivity index (χ0) is 11.4. The van der Waals surface area contributed by atoms with Crippen molar-refractivity contribution in [2.45, 2.75) is 31.8 Å². The van der Waals surface area contributed by atoms with Crippen molar-refractivity contribution in [2.75, 3.05) is 12.3 Å². The lowest BCUT2D eigenvalue weighted by atomic mass is 10.3. The SMILES string of the molecule is O=C(CN1C=CSCC1=O)OC1CCCC1. The first kappa shape index (κ1) is 11.5. The Labute approximate surface area is 99.0 Å². The van der Waals surface area contributed by atoms with E-state index in [1.54, 1.807) is 6.20 Å². The standard InChI is InChI=1S/C11H15NO3S/c13-10-8-16-6-5-12(10)7-11(14)15-9-3-1-2-4-9/h5-6,9H,1-4,7-8H2. The maximum atomic E-state index is 11.6. The molecule has 4 nitrogen and oxygen atoms in total. The maximum absolute atomic E-state index is 11.6. The molecule has 88 valence electrons. The molecule has 2 aliphatic rings. The molecule has 0 aromatic heterocycles. The Balaban J connectivity index is 1.79. The van der Waals surface area contributed by atoms with E-state index in [9.17, 15) is 9.59 Å². The predicted octanol–water partition coefficient (Wildman–Crippen LogP) is 1.52. The van der Waals surface area contributed by atoms with Crippen molar-refractivity contribution in [3.05, 3.63) is 11.6 Å². The van der Waals surface area contributed by atoms with Gasteiger partial charge in [-0.15, -0.1) is 11.8 Å². The van der Waals surface area contributed by atoms with Gasteiger partial charge in [0.25, 0.3) is 0 Å². The molecule has 1 fully saturated rings. The zero-order valence-electron chi connectivity index (χ0n) is 9.05. The van der Waals surface area contributed by atoms with Crippen LogP contribution in [-0.4, -0.2) is 35.2 Å². The molecule has 0 radical (unpaired) electrons. The van der Waals surface area contributed by atoms with E-state index in [2.05, 4.69) is 0 Å². The van der Waals surface area contributed by atoms with Crippen molar-refractivity contribution in [1.82, 2.24) is 4.90 Å². The first-order chi connectivity index (χ1) is 7.75. The molecule has 1 saturated carbocycles. The van der Waals surface area contributed by atoms with Gasteiger partial charge in [0.1, 0.15) is 12.6 Å². The van der Waals surface area contributed by atoms with E-state index >= 15 is 0 Å². The third-order valence-electron chi connectivity index (χ3n) is 2.76. The molecular weight excluding hydrogens is 226 g/mol. The Bertz CT molecular complexity index is 310. The van der Waals surface area contributed by atoms with Gasteiger partial charge in [-0.1, -0.05) is 0 Å². The van der Waals surface area contributed by atoms with Crippen molar-refractivity contribution in [3.8, 4) is 0 Å². The summed E-state index contributed by atoms with van der Waals surface area (Å²) in [6, 6.07) is 0. The van der Waals surface area contributed by atoms with Gasteiger partial charge in [0.15, 0.2) is 0 Å². The van der Waals surface area contributed by atoms with Crippen molar-refractivity contribution >= 4 is 23.6 Å². The van der Waals surface area contributed by atoms with Crippen LogP contribution in [0, 0.1) is 0 Å².